The van der Waals surface area contributed by atoms with Gasteiger partial charge in [0.2, 0.25) is 0 Å². The predicted octanol–water partition coefficient (Wildman–Crippen LogP) is 3.60. The topological polar surface area (TPSA) is 55.8 Å². The molecule has 1 heterocycles. The second kappa shape index (κ2) is 12.0. The first kappa shape index (κ1) is 18.4. The molecule has 1 saturated heterocycles. The molecule has 4 heteroatoms. The Morgan fingerprint density at radius 2 is 1.57 bits per heavy atom. The first-order valence-corrected chi connectivity index (χ1v) is 8.59. The number of esters is 1. The Morgan fingerprint density at radius 1 is 1.00 bits per heavy atom. The third-order valence-electron chi connectivity index (χ3n) is 4.26. The van der Waals surface area contributed by atoms with Crippen LogP contribution in [0, 0.1) is 0 Å². The highest BCUT2D eigenvalue weighted by atomic mass is 16.5. The molecule has 0 bridgehead atoms. The highest BCUT2D eigenvalue weighted by Gasteiger charge is 2.24. The molecule has 124 valence electrons. The maximum atomic E-state index is 11.0. The number of ether oxygens (including phenoxy) is 2. The lowest BCUT2D eigenvalue weighted by Crippen LogP contribution is -2.11. The first-order chi connectivity index (χ1) is 10.3. The van der Waals surface area contributed by atoms with Gasteiger partial charge in [-0.25, -0.2) is 0 Å². The third-order valence-corrected chi connectivity index (χ3v) is 4.26. The summed E-state index contributed by atoms with van der Waals surface area (Å²) < 4.78 is 10.7. The van der Waals surface area contributed by atoms with E-state index in [1.165, 1.54) is 45.6 Å². The summed E-state index contributed by atoms with van der Waals surface area (Å²) in [5, 5.41) is 8.71. The van der Waals surface area contributed by atoms with E-state index in [9.17, 15) is 4.79 Å². The number of carbonyl (C=O) groups excluding carboxylic acids is 1. The van der Waals surface area contributed by atoms with Crippen LogP contribution in [0.4, 0.5) is 0 Å². The lowest BCUT2D eigenvalue weighted by Gasteiger charge is -2.13. The largest absolute Gasteiger partial charge is 0.469 e. The van der Waals surface area contributed by atoms with E-state index in [1.807, 2.05) is 0 Å². The van der Waals surface area contributed by atoms with Crippen molar-refractivity contribution in [3.05, 3.63) is 0 Å². The first-order valence-electron chi connectivity index (χ1n) is 8.59. The molecule has 1 rings (SSSR count). The normalized spacial score (nSPS) is 21.6. The Morgan fingerprint density at radius 3 is 2.19 bits per heavy atom. The highest BCUT2D eigenvalue weighted by Crippen LogP contribution is 2.27. The summed E-state index contributed by atoms with van der Waals surface area (Å²) in [6.07, 6.45) is 13.8. The van der Waals surface area contributed by atoms with Crippen molar-refractivity contribution in [1.29, 1.82) is 0 Å². The van der Waals surface area contributed by atoms with E-state index >= 15 is 0 Å². The van der Waals surface area contributed by atoms with Crippen LogP contribution in [-0.4, -0.2) is 37.0 Å². The van der Waals surface area contributed by atoms with Crippen molar-refractivity contribution < 1.29 is 19.4 Å². The number of hydrogen-bond acceptors (Lipinski definition) is 4. The van der Waals surface area contributed by atoms with Crippen molar-refractivity contribution in [2.45, 2.75) is 89.3 Å². The number of aliphatic hydroxyl groups is 1. The van der Waals surface area contributed by atoms with Crippen molar-refractivity contribution >= 4 is 5.97 Å². The number of hydrogen-bond donors (Lipinski definition) is 1. The van der Waals surface area contributed by atoms with Crippen LogP contribution in [-0.2, 0) is 14.3 Å². The van der Waals surface area contributed by atoms with Crippen molar-refractivity contribution in [2.24, 2.45) is 0 Å². The monoisotopic (exact) mass is 300 g/mol. The molecule has 2 atom stereocenters. The van der Waals surface area contributed by atoms with E-state index in [1.54, 1.807) is 0 Å². The third kappa shape index (κ3) is 9.10. The molecule has 0 aromatic carbocycles. The maximum absolute atomic E-state index is 11.0. The zero-order valence-electron chi connectivity index (χ0n) is 13.5. The number of methoxy groups -OCH3 is 1. The average Bonchev–Trinajstić information content (AvgIpc) is 2.95. The summed E-state index contributed by atoms with van der Waals surface area (Å²) in [5.41, 5.74) is 0. The minimum atomic E-state index is -0.110. The molecule has 0 saturated carbocycles. The van der Waals surface area contributed by atoms with E-state index in [2.05, 4.69) is 4.74 Å². The van der Waals surface area contributed by atoms with Gasteiger partial charge in [0.25, 0.3) is 0 Å². The molecule has 1 N–H and O–H groups in total. The van der Waals surface area contributed by atoms with E-state index in [0.29, 0.717) is 25.2 Å². The van der Waals surface area contributed by atoms with Crippen LogP contribution < -0.4 is 0 Å². The van der Waals surface area contributed by atoms with Crippen molar-refractivity contribution in [2.75, 3.05) is 13.7 Å². The van der Waals surface area contributed by atoms with Gasteiger partial charge in [-0.1, -0.05) is 32.1 Å². The van der Waals surface area contributed by atoms with Crippen LogP contribution in [0.1, 0.15) is 77.0 Å². The molecule has 0 aromatic heterocycles. The van der Waals surface area contributed by atoms with Gasteiger partial charge in [-0.05, 0) is 38.5 Å². The summed E-state index contributed by atoms with van der Waals surface area (Å²) in [5.74, 6) is -0.110. The molecular weight excluding hydrogens is 268 g/mol. The van der Waals surface area contributed by atoms with Gasteiger partial charge >= 0.3 is 5.97 Å². The van der Waals surface area contributed by atoms with Gasteiger partial charge in [0.15, 0.2) is 0 Å². The van der Waals surface area contributed by atoms with E-state index < -0.39 is 0 Å². The van der Waals surface area contributed by atoms with Crippen LogP contribution in [0.3, 0.4) is 0 Å². The van der Waals surface area contributed by atoms with E-state index in [0.717, 1.165) is 32.1 Å². The van der Waals surface area contributed by atoms with Crippen molar-refractivity contribution in [3.8, 4) is 0 Å². The average molecular weight is 300 g/mol. The van der Waals surface area contributed by atoms with E-state index in [4.69, 9.17) is 9.84 Å². The summed E-state index contributed by atoms with van der Waals surface area (Å²) in [7, 11) is 1.44. The Hall–Kier alpha value is -0.610. The molecule has 1 aliphatic rings. The van der Waals surface area contributed by atoms with Gasteiger partial charge in [-0.15, -0.1) is 0 Å². The standard InChI is InChI=1S/C17H32O4/c1-20-17(19)11-7-6-10-16-13-12-15(21-16)9-5-3-2-4-8-14-18/h15-16,18H,2-14H2,1H3. The molecule has 0 aliphatic carbocycles. The summed E-state index contributed by atoms with van der Waals surface area (Å²) in [4.78, 5) is 11.0. The van der Waals surface area contributed by atoms with E-state index in [-0.39, 0.29) is 5.97 Å². The van der Waals surface area contributed by atoms with Crippen LogP contribution in [0.25, 0.3) is 0 Å². The minimum Gasteiger partial charge on any atom is -0.469 e. The predicted molar refractivity (Wildman–Crippen MR) is 83.2 cm³/mol. The lowest BCUT2D eigenvalue weighted by atomic mass is 10.0. The second-order valence-electron chi connectivity index (χ2n) is 6.06. The number of carbonyl (C=O) groups is 1. The molecule has 2 unspecified atom stereocenters. The molecular formula is C17H32O4. The Bertz CT molecular complexity index is 268. The molecule has 0 radical (unpaired) electrons. The quantitative estimate of drug-likeness (QED) is 0.442. The van der Waals surface area contributed by atoms with Crippen LogP contribution in [0.2, 0.25) is 0 Å². The fourth-order valence-electron chi connectivity index (χ4n) is 2.96. The van der Waals surface area contributed by atoms with Gasteiger partial charge in [0.05, 0.1) is 19.3 Å². The minimum absolute atomic E-state index is 0.110. The summed E-state index contributed by atoms with van der Waals surface area (Å²) >= 11 is 0. The van der Waals surface area contributed by atoms with Gasteiger partial charge in [0, 0.05) is 13.0 Å². The van der Waals surface area contributed by atoms with Gasteiger partial charge in [-0.3, -0.25) is 4.79 Å². The Balaban J connectivity index is 1.93. The number of unbranched alkanes of at least 4 members (excludes halogenated alkanes) is 5. The molecule has 4 nitrogen and oxygen atoms in total. The van der Waals surface area contributed by atoms with Crippen molar-refractivity contribution in [3.63, 3.8) is 0 Å². The Kier molecular flexibility index (Phi) is 10.5. The molecule has 1 aliphatic heterocycles. The van der Waals surface area contributed by atoms with Crippen LogP contribution in [0.5, 0.6) is 0 Å². The SMILES string of the molecule is COC(=O)CCCCC1CCC(CCCCCCCO)O1. The molecule has 0 amide bonds. The second-order valence-corrected chi connectivity index (χ2v) is 6.06. The zero-order chi connectivity index (χ0) is 15.3. The number of aliphatic hydroxyl groups excluding tert-OH is 1. The zero-order valence-corrected chi connectivity index (χ0v) is 13.5. The van der Waals surface area contributed by atoms with Gasteiger partial charge in [-0.2, -0.15) is 0 Å². The van der Waals surface area contributed by atoms with Crippen LogP contribution >= 0.6 is 0 Å². The fourth-order valence-corrected chi connectivity index (χ4v) is 2.96. The van der Waals surface area contributed by atoms with Crippen LogP contribution in [0.15, 0.2) is 0 Å². The summed E-state index contributed by atoms with van der Waals surface area (Å²) in [6, 6.07) is 0. The van der Waals surface area contributed by atoms with Gasteiger partial charge < -0.3 is 14.6 Å². The van der Waals surface area contributed by atoms with Crippen molar-refractivity contribution in [1.82, 2.24) is 0 Å². The molecule has 21 heavy (non-hydrogen) atoms. The van der Waals surface area contributed by atoms with Gasteiger partial charge in [0.1, 0.15) is 0 Å². The summed E-state index contributed by atoms with van der Waals surface area (Å²) in [6.45, 7) is 0.323. The molecule has 0 spiro atoms. The molecule has 1 fully saturated rings. The number of rotatable bonds is 12. The lowest BCUT2D eigenvalue weighted by molar-refractivity contribution is -0.140. The maximum Gasteiger partial charge on any atom is 0.305 e. The molecule has 0 aromatic rings. The Labute approximate surface area is 129 Å². The fraction of sp³-hybridized carbons (Fsp3) is 0.941. The highest BCUT2D eigenvalue weighted by molar-refractivity contribution is 5.68. The smallest absolute Gasteiger partial charge is 0.305 e.